The molecule has 0 saturated heterocycles. The van der Waals surface area contributed by atoms with Crippen molar-refractivity contribution in [1.29, 1.82) is 0 Å². The van der Waals surface area contributed by atoms with Gasteiger partial charge in [-0.25, -0.2) is 0 Å². The highest BCUT2D eigenvalue weighted by molar-refractivity contribution is 4.85. The molecule has 0 radical (unpaired) electrons. The fourth-order valence-electron chi connectivity index (χ4n) is 1.45. The van der Waals surface area contributed by atoms with Crippen LogP contribution in [-0.4, -0.2) is 39.5 Å². The van der Waals surface area contributed by atoms with E-state index in [-0.39, 0.29) is 0 Å². The molecule has 0 aliphatic heterocycles. The Kier molecular flexibility index (Phi) is 4.58. The Balaban J connectivity index is 1.83. The average molecular weight is 173 g/mol. The second kappa shape index (κ2) is 5.51. The summed E-state index contributed by atoms with van der Waals surface area (Å²) in [5.74, 6) is 0. The first-order chi connectivity index (χ1) is 5.86. The summed E-state index contributed by atoms with van der Waals surface area (Å²) in [7, 11) is 3.52. The standard InChI is InChI=1S/C9H19NO2/c1-11-5-3-4-10-8-6-9(7-8)12-2/h8-10H,3-7H2,1-2H3. The lowest BCUT2D eigenvalue weighted by atomic mass is 9.89. The number of nitrogens with one attached hydrogen (secondary N) is 1. The molecule has 0 aromatic carbocycles. The van der Waals surface area contributed by atoms with Gasteiger partial charge in [0.1, 0.15) is 0 Å². The molecule has 72 valence electrons. The van der Waals surface area contributed by atoms with E-state index in [0.717, 1.165) is 19.6 Å². The van der Waals surface area contributed by atoms with Crippen molar-refractivity contribution in [3.63, 3.8) is 0 Å². The van der Waals surface area contributed by atoms with Gasteiger partial charge in [-0.05, 0) is 25.8 Å². The summed E-state index contributed by atoms with van der Waals surface area (Å²) in [4.78, 5) is 0. The van der Waals surface area contributed by atoms with Crippen LogP contribution in [0.15, 0.2) is 0 Å². The Morgan fingerprint density at radius 1 is 1.33 bits per heavy atom. The van der Waals surface area contributed by atoms with Gasteiger partial charge in [-0.1, -0.05) is 0 Å². The lowest BCUT2D eigenvalue weighted by Crippen LogP contribution is -2.45. The molecule has 0 amide bonds. The van der Waals surface area contributed by atoms with Gasteiger partial charge in [0, 0.05) is 26.9 Å². The molecule has 0 bridgehead atoms. The normalized spacial score (nSPS) is 28.5. The minimum Gasteiger partial charge on any atom is -0.385 e. The van der Waals surface area contributed by atoms with Crippen molar-refractivity contribution in [3.05, 3.63) is 0 Å². The summed E-state index contributed by atoms with van der Waals surface area (Å²) >= 11 is 0. The van der Waals surface area contributed by atoms with E-state index in [1.165, 1.54) is 12.8 Å². The van der Waals surface area contributed by atoms with Crippen molar-refractivity contribution in [2.45, 2.75) is 31.4 Å². The molecular weight excluding hydrogens is 154 g/mol. The van der Waals surface area contributed by atoms with Crippen molar-refractivity contribution < 1.29 is 9.47 Å². The third kappa shape index (κ3) is 3.09. The van der Waals surface area contributed by atoms with Crippen molar-refractivity contribution >= 4 is 0 Å². The molecular formula is C9H19NO2. The molecule has 0 aromatic heterocycles. The third-order valence-electron chi connectivity index (χ3n) is 2.39. The van der Waals surface area contributed by atoms with Crippen LogP contribution in [0.4, 0.5) is 0 Å². The maximum Gasteiger partial charge on any atom is 0.0601 e. The molecule has 1 rings (SSSR count). The lowest BCUT2D eigenvalue weighted by molar-refractivity contribution is 0.0171. The smallest absolute Gasteiger partial charge is 0.0601 e. The van der Waals surface area contributed by atoms with Crippen LogP contribution in [0.25, 0.3) is 0 Å². The molecule has 3 nitrogen and oxygen atoms in total. The molecule has 0 atom stereocenters. The van der Waals surface area contributed by atoms with Gasteiger partial charge in [0.15, 0.2) is 0 Å². The van der Waals surface area contributed by atoms with Crippen molar-refractivity contribution in [3.8, 4) is 0 Å². The van der Waals surface area contributed by atoms with Crippen LogP contribution in [0.5, 0.6) is 0 Å². The summed E-state index contributed by atoms with van der Waals surface area (Å²) in [5.41, 5.74) is 0. The van der Waals surface area contributed by atoms with E-state index < -0.39 is 0 Å². The van der Waals surface area contributed by atoms with Gasteiger partial charge >= 0.3 is 0 Å². The molecule has 0 spiro atoms. The Bertz CT molecular complexity index is 113. The molecule has 3 heteroatoms. The first-order valence-corrected chi connectivity index (χ1v) is 4.62. The highest BCUT2D eigenvalue weighted by atomic mass is 16.5. The van der Waals surface area contributed by atoms with Gasteiger partial charge in [-0.2, -0.15) is 0 Å². The first kappa shape index (κ1) is 9.96. The van der Waals surface area contributed by atoms with Crippen LogP contribution in [-0.2, 0) is 9.47 Å². The van der Waals surface area contributed by atoms with Crippen LogP contribution >= 0.6 is 0 Å². The molecule has 1 fully saturated rings. The monoisotopic (exact) mass is 173 g/mol. The largest absolute Gasteiger partial charge is 0.385 e. The van der Waals surface area contributed by atoms with E-state index in [1.54, 1.807) is 14.2 Å². The summed E-state index contributed by atoms with van der Waals surface area (Å²) < 4.78 is 10.1. The van der Waals surface area contributed by atoms with Gasteiger partial charge in [0.25, 0.3) is 0 Å². The summed E-state index contributed by atoms with van der Waals surface area (Å²) in [6.45, 7) is 1.92. The fourth-order valence-corrected chi connectivity index (χ4v) is 1.45. The minimum absolute atomic E-state index is 0.505. The topological polar surface area (TPSA) is 30.5 Å². The van der Waals surface area contributed by atoms with Gasteiger partial charge in [0.05, 0.1) is 6.10 Å². The Hall–Kier alpha value is -0.120. The van der Waals surface area contributed by atoms with E-state index in [1.807, 2.05) is 0 Å². The van der Waals surface area contributed by atoms with E-state index in [4.69, 9.17) is 9.47 Å². The average Bonchev–Trinajstić information content (AvgIpc) is 2.01. The SMILES string of the molecule is COCCCNC1CC(OC)C1. The van der Waals surface area contributed by atoms with Gasteiger partial charge in [-0.3, -0.25) is 0 Å². The lowest BCUT2D eigenvalue weighted by Gasteiger charge is -2.34. The maximum absolute atomic E-state index is 5.18. The van der Waals surface area contributed by atoms with E-state index in [2.05, 4.69) is 5.32 Å². The number of methoxy groups -OCH3 is 2. The number of ether oxygens (including phenoxy) is 2. The van der Waals surface area contributed by atoms with Crippen LogP contribution in [0.1, 0.15) is 19.3 Å². The highest BCUT2D eigenvalue weighted by Gasteiger charge is 2.27. The van der Waals surface area contributed by atoms with Crippen molar-refractivity contribution in [1.82, 2.24) is 5.32 Å². The van der Waals surface area contributed by atoms with Crippen molar-refractivity contribution in [2.24, 2.45) is 0 Å². The van der Waals surface area contributed by atoms with Crippen LogP contribution in [0, 0.1) is 0 Å². The summed E-state index contributed by atoms with van der Waals surface area (Å²) in [5, 5.41) is 3.46. The zero-order chi connectivity index (χ0) is 8.81. The Labute approximate surface area is 74.4 Å². The minimum atomic E-state index is 0.505. The molecule has 0 aromatic rings. The Morgan fingerprint density at radius 2 is 2.08 bits per heavy atom. The van der Waals surface area contributed by atoms with E-state index >= 15 is 0 Å². The second-order valence-corrected chi connectivity index (χ2v) is 3.33. The second-order valence-electron chi connectivity index (χ2n) is 3.33. The maximum atomic E-state index is 5.18. The molecule has 12 heavy (non-hydrogen) atoms. The van der Waals surface area contributed by atoms with Crippen LogP contribution < -0.4 is 5.32 Å². The molecule has 0 unspecified atom stereocenters. The molecule has 1 aliphatic carbocycles. The molecule has 1 N–H and O–H groups in total. The number of hydrogen-bond donors (Lipinski definition) is 1. The van der Waals surface area contributed by atoms with Crippen LogP contribution in [0.3, 0.4) is 0 Å². The van der Waals surface area contributed by atoms with Gasteiger partial charge in [0.2, 0.25) is 0 Å². The summed E-state index contributed by atoms with van der Waals surface area (Å²) in [6.07, 6.45) is 3.95. The number of hydrogen-bond acceptors (Lipinski definition) is 3. The predicted molar refractivity (Wildman–Crippen MR) is 48.3 cm³/mol. The first-order valence-electron chi connectivity index (χ1n) is 4.62. The fraction of sp³-hybridized carbons (Fsp3) is 1.00. The number of rotatable bonds is 6. The van der Waals surface area contributed by atoms with Gasteiger partial charge in [-0.15, -0.1) is 0 Å². The highest BCUT2D eigenvalue weighted by Crippen LogP contribution is 2.22. The van der Waals surface area contributed by atoms with E-state index in [0.29, 0.717) is 12.1 Å². The quantitative estimate of drug-likeness (QED) is 0.602. The zero-order valence-corrected chi connectivity index (χ0v) is 8.01. The summed E-state index contributed by atoms with van der Waals surface area (Å²) in [6, 6.07) is 0.687. The Morgan fingerprint density at radius 3 is 2.67 bits per heavy atom. The third-order valence-corrected chi connectivity index (χ3v) is 2.39. The van der Waals surface area contributed by atoms with Crippen LogP contribution in [0.2, 0.25) is 0 Å². The van der Waals surface area contributed by atoms with Gasteiger partial charge < -0.3 is 14.8 Å². The molecule has 1 aliphatic rings. The van der Waals surface area contributed by atoms with E-state index in [9.17, 15) is 0 Å². The molecule has 0 heterocycles. The molecule has 1 saturated carbocycles. The van der Waals surface area contributed by atoms with Crippen molar-refractivity contribution in [2.75, 3.05) is 27.4 Å². The zero-order valence-electron chi connectivity index (χ0n) is 8.01. The predicted octanol–water partition coefficient (Wildman–Crippen LogP) is 0.790.